The molecule has 4 rings (SSSR count). The van der Waals surface area contributed by atoms with E-state index in [9.17, 15) is 13.2 Å². The van der Waals surface area contributed by atoms with Crippen molar-refractivity contribution in [2.24, 2.45) is 0 Å². The number of hydrogen-bond donors (Lipinski definition) is 0. The van der Waals surface area contributed by atoms with Crippen LogP contribution in [0.25, 0.3) is 11.5 Å². The highest BCUT2D eigenvalue weighted by Crippen LogP contribution is 2.43. The third-order valence-electron chi connectivity index (χ3n) is 5.52. The van der Waals surface area contributed by atoms with Crippen molar-refractivity contribution < 1.29 is 17.6 Å². The van der Waals surface area contributed by atoms with E-state index in [1.165, 1.54) is 6.26 Å². The Morgan fingerprint density at radius 1 is 1.10 bits per heavy atom. The standard InChI is InChI=1S/C23H24N2O4S/c1-15(16-11-13-19(14-12-16)30(3,27)28)25(2)23(26)20-21(17-9-10-17)29-22(24-20)18-7-5-4-6-8-18/h4-8,11-15,17H,9-10H2,1-3H3. The van der Waals surface area contributed by atoms with Gasteiger partial charge in [0.25, 0.3) is 5.91 Å². The van der Waals surface area contributed by atoms with Crippen molar-refractivity contribution in [3.63, 3.8) is 0 Å². The quantitative estimate of drug-likeness (QED) is 0.584. The first-order valence-electron chi connectivity index (χ1n) is 9.89. The van der Waals surface area contributed by atoms with Gasteiger partial charge in [-0.05, 0) is 49.6 Å². The van der Waals surface area contributed by atoms with Crippen molar-refractivity contribution in [3.05, 3.63) is 71.6 Å². The molecule has 1 fully saturated rings. The van der Waals surface area contributed by atoms with Crippen LogP contribution in [0.2, 0.25) is 0 Å². The Bertz CT molecular complexity index is 1160. The Morgan fingerprint density at radius 2 is 1.73 bits per heavy atom. The van der Waals surface area contributed by atoms with E-state index in [2.05, 4.69) is 4.98 Å². The fraction of sp³-hybridized carbons (Fsp3) is 0.304. The van der Waals surface area contributed by atoms with Gasteiger partial charge in [0.1, 0.15) is 5.76 Å². The molecule has 1 aliphatic carbocycles. The average molecular weight is 425 g/mol. The van der Waals surface area contributed by atoms with E-state index in [0.29, 0.717) is 17.3 Å². The second kappa shape index (κ2) is 7.72. The molecule has 1 saturated carbocycles. The molecular formula is C23H24N2O4S. The van der Waals surface area contributed by atoms with Gasteiger partial charge in [-0.1, -0.05) is 30.3 Å². The van der Waals surface area contributed by atoms with E-state index in [0.717, 1.165) is 24.0 Å². The molecule has 0 aliphatic heterocycles. The Kier molecular flexibility index (Phi) is 5.24. The molecule has 0 radical (unpaired) electrons. The number of benzene rings is 2. The van der Waals surface area contributed by atoms with Crippen LogP contribution >= 0.6 is 0 Å². The number of aromatic nitrogens is 1. The van der Waals surface area contributed by atoms with Crippen LogP contribution in [0.3, 0.4) is 0 Å². The van der Waals surface area contributed by atoms with Crippen molar-refractivity contribution in [2.75, 3.05) is 13.3 Å². The lowest BCUT2D eigenvalue weighted by Crippen LogP contribution is -2.30. The number of carbonyl (C=O) groups excluding carboxylic acids is 1. The summed E-state index contributed by atoms with van der Waals surface area (Å²) in [6.45, 7) is 1.91. The summed E-state index contributed by atoms with van der Waals surface area (Å²) in [5.41, 5.74) is 2.04. The number of amides is 1. The Hall–Kier alpha value is -2.93. The number of carbonyl (C=O) groups is 1. The number of sulfone groups is 1. The topological polar surface area (TPSA) is 80.5 Å². The maximum absolute atomic E-state index is 13.3. The minimum atomic E-state index is -3.26. The molecule has 0 N–H and O–H groups in total. The third kappa shape index (κ3) is 4.03. The van der Waals surface area contributed by atoms with Crippen molar-refractivity contribution in [3.8, 4) is 11.5 Å². The second-order valence-corrected chi connectivity index (χ2v) is 9.82. The van der Waals surface area contributed by atoms with Gasteiger partial charge in [0, 0.05) is 24.8 Å². The fourth-order valence-electron chi connectivity index (χ4n) is 3.37. The largest absolute Gasteiger partial charge is 0.440 e. The lowest BCUT2D eigenvalue weighted by atomic mass is 10.1. The van der Waals surface area contributed by atoms with E-state index in [1.54, 1.807) is 36.2 Å². The molecule has 0 saturated heterocycles. The summed E-state index contributed by atoms with van der Waals surface area (Å²) < 4.78 is 29.4. The third-order valence-corrected chi connectivity index (χ3v) is 6.65. The lowest BCUT2D eigenvalue weighted by Gasteiger charge is -2.25. The van der Waals surface area contributed by atoms with E-state index < -0.39 is 9.84 Å². The highest BCUT2D eigenvalue weighted by molar-refractivity contribution is 7.90. The molecule has 1 amide bonds. The molecule has 1 aromatic heterocycles. The van der Waals surface area contributed by atoms with Crippen LogP contribution in [0.15, 0.2) is 63.9 Å². The van der Waals surface area contributed by atoms with Gasteiger partial charge in [0.15, 0.2) is 15.5 Å². The monoisotopic (exact) mass is 424 g/mol. The van der Waals surface area contributed by atoms with Crippen molar-refractivity contribution in [2.45, 2.75) is 36.6 Å². The number of nitrogens with zero attached hydrogens (tertiary/aromatic N) is 2. The molecule has 156 valence electrons. The van der Waals surface area contributed by atoms with E-state index >= 15 is 0 Å². The molecule has 0 bridgehead atoms. The van der Waals surface area contributed by atoms with Crippen LogP contribution in [0.1, 0.15) is 53.5 Å². The molecule has 1 atom stereocenters. The van der Waals surface area contributed by atoms with E-state index in [-0.39, 0.29) is 22.8 Å². The second-order valence-electron chi connectivity index (χ2n) is 7.81. The molecule has 1 unspecified atom stereocenters. The first-order chi connectivity index (χ1) is 14.3. The summed E-state index contributed by atoms with van der Waals surface area (Å²) >= 11 is 0. The van der Waals surface area contributed by atoms with Crippen LogP contribution in [-0.4, -0.2) is 37.5 Å². The Morgan fingerprint density at radius 3 is 2.30 bits per heavy atom. The zero-order valence-corrected chi connectivity index (χ0v) is 18.0. The summed E-state index contributed by atoms with van der Waals surface area (Å²) in [6.07, 6.45) is 3.17. The smallest absolute Gasteiger partial charge is 0.276 e. The number of oxazole rings is 1. The summed E-state index contributed by atoms with van der Waals surface area (Å²) in [7, 11) is -1.53. The molecule has 0 spiro atoms. The Labute approximate surface area is 176 Å². The molecule has 3 aromatic rings. The van der Waals surface area contributed by atoms with Crippen LogP contribution in [-0.2, 0) is 9.84 Å². The normalized spacial score (nSPS) is 15.0. The molecule has 30 heavy (non-hydrogen) atoms. The maximum Gasteiger partial charge on any atom is 0.276 e. The molecule has 2 aromatic carbocycles. The van der Waals surface area contributed by atoms with Crippen molar-refractivity contribution >= 4 is 15.7 Å². The van der Waals surface area contributed by atoms with Gasteiger partial charge >= 0.3 is 0 Å². The Balaban J connectivity index is 1.61. The lowest BCUT2D eigenvalue weighted by molar-refractivity contribution is 0.0735. The van der Waals surface area contributed by atoms with Crippen LogP contribution in [0.5, 0.6) is 0 Å². The molecular weight excluding hydrogens is 400 g/mol. The van der Waals surface area contributed by atoms with Gasteiger partial charge in [0.05, 0.1) is 10.9 Å². The van der Waals surface area contributed by atoms with Gasteiger partial charge in [-0.2, -0.15) is 0 Å². The van der Waals surface area contributed by atoms with Crippen LogP contribution in [0, 0.1) is 0 Å². The van der Waals surface area contributed by atoms with Crippen LogP contribution in [0.4, 0.5) is 0 Å². The first kappa shape index (κ1) is 20.3. The van der Waals surface area contributed by atoms with Gasteiger partial charge in [0.2, 0.25) is 5.89 Å². The minimum absolute atomic E-state index is 0.206. The minimum Gasteiger partial charge on any atom is -0.440 e. The number of hydrogen-bond acceptors (Lipinski definition) is 5. The summed E-state index contributed by atoms with van der Waals surface area (Å²) in [5.74, 6) is 1.15. The van der Waals surface area contributed by atoms with Gasteiger partial charge in [-0.3, -0.25) is 4.79 Å². The first-order valence-corrected chi connectivity index (χ1v) is 11.8. The predicted molar refractivity (Wildman–Crippen MR) is 114 cm³/mol. The summed E-state index contributed by atoms with van der Waals surface area (Å²) in [4.78, 5) is 19.7. The summed E-state index contributed by atoms with van der Waals surface area (Å²) in [5, 5.41) is 0. The highest BCUT2D eigenvalue weighted by atomic mass is 32.2. The highest BCUT2D eigenvalue weighted by Gasteiger charge is 2.35. The van der Waals surface area contributed by atoms with Crippen molar-refractivity contribution in [1.29, 1.82) is 0 Å². The number of rotatable bonds is 6. The summed E-state index contributed by atoms with van der Waals surface area (Å²) in [6, 6.07) is 15.9. The molecule has 1 heterocycles. The van der Waals surface area contributed by atoms with Crippen molar-refractivity contribution in [1.82, 2.24) is 9.88 Å². The predicted octanol–water partition coefficient (Wildman–Crippen LogP) is 4.46. The maximum atomic E-state index is 13.3. The SMILES string of the molecule is CC(c1ccc(S(C)(=O)=O)cc1)N(C)C(=O)c1nc(-c2ccccc2)oc1C1CC1. The van der Waals surface area contributed by atoms with E-state index in [4.69, 9.17) is 4.42 Å². The van der Waals surface area contributed by atoms with Crippen LogP contribution < -0.4 is 0 Å². The molecule has 7 heteroatoms. The van der Waals surface area contributed by atoms with Gasteiger partial charge in [-0.25, -0.2) is 13.4 Å². The van der Waals surface area contributed by atoms with Gasteiger partial charge in [-0.15, -0.1) is 0 Å². The van der Waals surface area contributed by atoms with E-state index in [1.807, 2.05) is 37.3 Å². The molecule has 6 nitrogen and oxygen atoms in total. The zero-order valence-electron chi connectivity index (χ0n) is 17.2. The molecule has 1 aliphatic rings. The van der Waals surface area contributed by atoms with Gasteiger partial charge < -0.3 is 9.32 Å². The average Bonchev–Trinajstić information content (AvgIpc) is 3.50. The zero-order chi connectivity index (χ0) is 21.5. The fourth-order valence-corrected chi connectivity index (χ4v) is 4.00.